The SMILES string of the molecule is c1ccc(-c2ccc(N(c3ccc(-c4cc5ccc6ccccc6c5c5ccccc45)cc3)c3cccc4c3ccc3c5ccccc5oc43)cc2)cc1. The topological polar surface area (TPSA) is 16.4 Å². The van der Waals surface area contributed by atoms with Gasteiger partial charge >= 0.3 is 0 Å². The lowest BCUT2D eigenvalue weighted by Crippen LogP contribution is -2.10. The third-order valence-corrected chi connectivity index (χ3v) is 11.0. The summed E-state index contributed by atoms with van der Waals surface area (Å²) in [5.41, 5.74) is 9.90. The monoisotopic (exact) mass is 687 g/mol. The molecule has 10 aromatic carbocycles. The maximum atomic E-state index is 6.51. The molecule has 0 saturated carbocycles. The van der Waals surface area contributed by atoms with Crippen LogP contribution in [-0.4, -0.2) is 0 Å². The first-order valence-corrected chi connectivity index (χ1v) is 18.5. The van der Waals surface area contributed by atoms with Crippen LogP contribution >= 0.6 is 0 Å². The van der Waals surface area contributed by atoms with Gasteiger partial charge in [-0.1, -0.05) is 152 Å². The van der Waals surface area contributed by atoms with E-state index in [2.05, 4.69) is 193 Å². The van der Waals surface area contributed by atoms with Gasteiger partial charge in [-0.15, -0.1) is 0 Å². The van der Waals surface area contributed by atoms with Crippen molar-refractivity contribution in [2.75, 3.05) is 4.90 Å². The Morgan fingerprint density at radius 3 is 1.70 bits per heavy atom. The first-order chi connectivity index (χ1) is 26.8. The molecule has 2 nitrogen and oxygen atoms in total. The number of furan rings is 1. The Labute approximate surface area is 312 Å². The van der Waals surface area contributed by atoms with Gasteiger partial charge in [0, 0.05) is 32.9 Å². The molecule has 0 unspecified atom stereocenters. The van der Waals surface area contributed by atoms with E-state index in [-0.39, 0.29) is 0 Å². The second-order valence-electron chi connectivity index (χ2n) is 14.1. The molecule has 0 amide bonds. The van der Waals surface area contributed by atoms with Gasteiger partial charge in [0.1, 0.15) is 11.2 Å². The third kappa shape index (κ3) is 4.81. The zero-order chi connectivity index (χ0) is 35.6. The van der Waals surface area contributed by atoms with E-state index in [0.717, 1.165) is 49.8 Å². The minimum Gasteiger partial charge on any atom is -0.455 e. The van der Waals surface area contributed by atoms with Gasteiger partial charge < -0.3 is 9.32 Å². The molecule has 0 fully saturated rings. The van der Waals surface area contributed by atoms with Crippen LogP contribution in [0.3, 0.4) is 0 Å². The minimum absolute atomic E-state index is 0.906. The predicted molar refractivity (Wildman–Crippen MR) is 229 cm³/mol. The summed E-state index contributed by atoms with van der Waals surface area (Å²) >= 11 is 0. The Hall–Kier alpha value is -7.16. The van der Waals surface area contributed by atoms with Crippen molar-refractivity contribution in [3.63, 3.8) is 0 Å². The van der Waals surface area contributed by atoms with Gasteiger partial charge in [-0.3, -0.25) is 0 Å². The summed E-state index contributed by atoms with van der Waals surface area (Å²) in [6, 6.07) is 72.2. The number of benzene rings is 10. The second kappa shape index (κ2) is 12.2. The summed E-state index contributed by atoms with van der Waals surface area (Å²) in [4.78, 5) is 2.38. The Morgan fingerprint density at radius 2 is 0.907 bits per heavy atom. The lowest BCUT2D eigenvalue weighted by molar-refractivity contribution is 0.672. The van der Waals surface area contributed by atoms with Crippen molar-refractivity contribution < 1.29 is 4.42 Å². The highest BCUT2D eigenvalue weighted by Crippen LogP contribution is 2.44. The highest BCUT2D eigenvalue weighted by molar-refractivity contribution is 6.23. The molecule has 0 radical (unpaired) electrons. The van der Waals surface area contributed by atoms with Crippen molar-refractivity contribution in [1.82, 2.24) is 0 Å². The molecule has 11 aromatic rings. The van der Waals surface area contributed by atoms with Crippen molar-refractivity contribution in [3.05, 3.63) is 200 Å². The van der Waals surface area contributed by atoms with Crippen molar-refractivity contribution in [1.29, 1.82) is 0 Å². The van der Waals surface area contributed by atoms with E-state index in [1.165, 1.54) is 54.6 Å². The molecule has 2 heteroatoms. The first-order valence-electron chi connectivity index (χ1n) is 18.5. The lowest BCUT2D eigenvalue weighted by Gasteiger charge is -2.27. The third-order valence-electron chi connectivity index (χ3n) is 11.0. The van der Waals surface area contributed by atoms with E-state index >= 15 is 0 Å². The van der Waals surface area contributed by atoms with Crippen LogP contribution in [-0.2, 0) is 0 Å². The summed E-state index contributed by atoms with van der Waals surface area (Å²) in [7, 11) is 0. The van der Waals surface area contributed by atoms with E-state index in [1.54, 1.807) is 0 Å². The van der Waals surface area contributed by atoms with Crippen LogP contribution < -0.4 is 4.90 Å². The molecule has 0 aliphatic rings. The van der Waals surface area contributed by atoms with Crippen molar-refractivity contribution in [3.8, 4) is 22.3 Å². The van der Waals surface area contributed by atoms with E-state index in [1.807, 2.05) is 12.1 Å². The van der Waals surface area contributed by atoms with Crippen LogP contribution in [0, 0.1) is 0 Å². The van der Waals surface area contributed by atoms with Gasteiger partial charge in [0.25, 0.3) is 0 Å². The Morgan fingerprint density at radius 1 is 0.333 bits per heavy atom. The zero-order valence-corrected chi connectivity index (χ0v) is 29.4. The number of rotatable bonds is 5. The summed E-state index contributed by atoms with van der Waals surface area (Å²) in [6.45, 7) is 0. The Balaban J connectivity index is 1.08. The maximum absolute atomic E-state index is 6.51. The molecule has 0 bridgehead atoms. The summed E-state index contributed by atoms with van der Waals surface area (Å²) < 4.78 is 6.51. The van der Waals surface area contributed by atoms with E-state index in [4.69, 9.17) is 4.42 Å². The van der Waals surface area contributed by atoms with Crippen LogP contribution in [0.4, 0.5) is 17.1 Å². The molecule has 0 atom stereocenters. The second-order valence-corrected chi connectivity index (χ2v) is 14.1. The summed E-state index contributed by atoms with van der Waals surface area (Å²) in [5, 5.41) is 12.1. The van der Waals surface area contributed by atoms with E-state index in [9.17, 15) is 0 Å². The lowest BCUT2D eigenvalue weighted by atomic mass is 9.90. The fourth-order valence-corrected chi connectivity index (χ4v) is 8.49. The van der Waals surface area contributed by atoms with Gasteiger partial charge in [0.05, 0.1) is 5.69 Å². The molecular weight excluding hydrogens is 655 g/mol. The zero-order valence-electron chi connectivity index (χ0n) is 29.4. The molecular formula is C52H33NO. The van der Waals surface area contributed by atoms with Crippen molar-refractivity contribution in [2.24, 2.45) is 0 Å². The van der Waals surface area contributed by atoms with Crippen LogP contribution in [0.15, 0.2) is 205 Å². The number of hydrogen-bond donors (Lipinski definition) is 0. The molecule has 0 aliphatic carbocycles. The minimum atomic E-state index is 0.906. The molecule has 1 aromatic heterocycles. The molecule has 11 rings (SSSR count). The van der Waals surface area contributed by atoms with Crippen LogP contribution in [0.1, 0.15) is 0 Å². The van der Waals surface area contributed by atoms with Crippen molar-refractivity contribution >= 4 is 82.1 Å². The fraction of sp³-hybridized carbons (Fsp3) is 0. The quantitative estimate of drug-likeness (QED) is 0.168. The summed E-state index contributed by atoms with van der Waals surface area (Å²) in [6.07, 6.45) is 0. The van der Waals surface area contributed by atoms with Gasteiger partial charge in [-0.05, 0) is 103 Å². The molecule has 1 heterocycles. The van der Waals surface area contributed by atoms with E-state index < -0.39 is 0 Å². The molecule has 0 saturated heterocycles. The maximum Gasteiger partial charge on any atom is 0.143 e. The highest BCUT2D eigenvalue weighted by Gasteiger charge is 2.19. The van der Waals surface area contributed by atoms with E-state index in [0.29, 0.717) is 0 Å². The number of hydrogen-bond acceptors (Lipinski definition) is 2. The largest absolute Gasteiger partial charge is 0.455 e. The molecule has 54 heavy (non-hydrogen) atoms. The van der Waals surface area contributed by atoms with Crippen LogP contribution in [0.5, 0.6) is 0 Å². The van der Waals surface area contributed by atoms with Crippen LogP contribution in [0.2, 0.25) is 0 Å². The van der Waals surface area contributed by atoms with Gasteiger partial charge in [0.15, 0.2) is 0 Å². The van der Waals surface area contributed by atoms with Gasteiger partial charge in [0.2, 0.25) is 0 Å². The number of para-hydroxylation sites is 1. The number of nitrogens with zero attached hydrogens (tertiary/aromatic N) is 1. The fourth-order valence-electron chi connectivity index (χ4n) is 8.49. The average molecular weight is 688 g/mol. The predicted octanol–water partition coefficient (Wildman–Crippen LogP) is 15.0. The van der Waals surface area contributed by atoms with Gasteiger partial charge in [-0.25, -0.2) is 0 Å². The average Bonchev–Trinajstić information content (AvgIpc) is 3.64. The molecule has 0 spiro atoms. The smallest absolute Gasteiger partial charge is 0.143 e. The van der Waals surface area contributed by atoms with Crippen molar-refractivity contribution in [2.45, 2.75) is 0 Å². The number of fused-ring (bicyclic) bond motifs is 10. The van der Waals surface area contributed by atoms with Gasteiger partial charge in [-0.2, -0.15) is 0 Å². The van der Waals surface area contributed by atoms with Crippen LogP contribution in [0.25, 0.3) is 87.3 Å². The molecule has 0 N–H and O–H groups in total. The Kier molecular flexibility index (Phi) is 6.90. The Bertz CT molecular complexity index is 3190. The molecule has 252 valence electrons. The number of anilines is 3. The first kappa shape index (κ1) is 30.5. The summed E-state index contributed by atoms with van der Waals surface area (Å²) in [5.74, 6) is 0. The highest BCUT2D eigenvalue weighted by atomic mass is 16.3. The molecule has 0 aliphatic heterocycles. The standard InChI is InChI=1S/C52H33NO/c1-2-11-34(12-3-1)35-23-27-39(28-24-35)53(49-19-10-18-46-43(49)31-32-47-44-16-8-9-20-50(44)54-52(46)47)40-29-25-37(26-30-40)48-33-38-22-21-36-13-4-5-14-41(36)51(38)45-17-7-6-15-42(45)48/h1-33H. The normalized spacial score (nSPS) is 11.7.